The Balaban J connectivity index is 1.83. The topological polar surface area (TPSA) is 44.5 Å². The number of nitrogens with two attached hydrogens (primary N) is 1. The summed E-state index contributed by atoms with van der Waals surface area (Å²) in [6.07, 6.45) is 5.21. The van der Waals surface area contributed by atoms with Crippen LogP contribution in [0.15, 0.2) is 0 Å². The molecular formula is C9H13NO2. The van der Waals surface area contributed by atoms with Crippen molar-refractivity contribution in [3.8, 4) is 0 Å². The first-order chi connectivity index (χ1) is 5.83. The maximum absolute atomic E-state index is 5.98. The van der Waals surface area contributed by atoms with Gasteiger partial charge >= 0.3 is 0 Å². The maximum Gasteiger partial charge on any atom is 0.0862 e. The Morgan fingerprint density at radius 1 is 1.08 bits per heavy atom. The van der Waals surface area contributed by atoms with Crippen molar-refractivity contribution in [1.82, 2.24) is 0 Å². The first-order valence-corrected chi connectivity index (χ1v) is 4.90. The van der Waals surface area contributed by atoms with Gasteiger partial charge in [0.1, 0.15) is 0 Å². The molecule has 4 aliphatic rings. The second kappa shape index (κ2) is 1.59. The van der Waals surface area contributed by atoms with Gasteiger partial charge in [-0.1, -0.05) is 0 Å². The highest BCUT2D eigenvalue weighted by molar-refractivity contribution is 5.26. The minimum absolute atomic E-state index is 0.245. The standard InChI is InChI=1S/C9H13NO2/c10-4-3-7-9-5(11-7)1-2-6(9)12-8(4)9/h4-8H,1-3,10H2. The summed E-state index contributed by atoms with van der Waals surface area (Å²) < 4.78 is 11.6. The van der Waals surface area contributed by atoms with Gasteiger partial charge in [-0.3, -0.25) is 0 Å². The van der Waals surface area contributed by atoms with Gasteiger partial charge in [-0.2, -0.15) is 0 Å². The second-order valence-electron chi connectivity index (χ2n) is 4.64. The zero-order chi connectivity index (χ0) is 7.92. The van der Waals surface area contributed by atoms with Crippen LogP contribution in [0.4, 0.5) is 0 Å². The average molecular weight is 167 g/mol. The summed E-state index contributed by atoms with van der Waals surface area (Å²) in [7, 11) is 0. The quantitative estimate of drug-likeness (QED) is 0.553. The molecule has 2 saturated carbocycles. The molecule has 2 N–H and O–H groups in total. The van der Waals surface area contributed by atoms with E-state index in [4.69, 9.17) is 15.2 Å². The molecule has 0 bridgehead atoms. The van der Waals surface area contributed by atoms with Crippen molar-refractivity contribution in [2.75, 3.05) is 0 Å². The van der Waals surface area contributed by atoms with E-state index in [0.717, 1.165) is 6.42 Å². The van der Waals surface area contributed by atoms with Crippen molar-refractivity contribution < 1.29 is 9.47 Å². The SMILES string of the molecule is NC1CC2OC3CCC4OC1C324. The molecule has 12 heavy (non-hydrogen) atoms. The lowest BCUT2D eigenvalue weighted by molar-refractivity contribution is -0.353. The van der Waals surface area contributed by atoms with Gasteiger partial charge in [-0.05, 0) is 19.3 Å². The Kier molecular flexibility index (Phi) is 0.839. The molecule has 2 saturated heterocycles. The van der Waals surface area contributed by atoms with Crippen molar-refractivity contribution in [2.24, 2.45) is 11.1 Å². The summed E-state index contributed by atoms with van der Waals surface area (Å²) in [5.74, 6) is 0. The Morgan fingerprint density at radius 2 is 1.83 bits per heavy atom. The smallest absolute Gasteiger partial charge is 0.0862 e. The molecule has 6 unspecified atom stereocenters. The van der Waals surface area contributed by atoms with Gasteiger partial charge < -0.3 is 15.2 Å². The summed E-state index contributed by atoms with van der Waals surface area (Å²) in [6.45, 7) is 0. The van der Waals surface area contributed by atoms with Gasteiger partial charge in [0.15, 0.2) is 0 Å². The summed E-state index contributed by atoms with van der Waals surface area (Å²) in [5, 5.41) is 0. The molecule has 3 heteroatoms. The molecule has 3 nitrogen and oxygen atoms in total. The number of hydrogen-bond donors (Lipinski definition) is 1. The van der Waals surface area contributed by atoms with E-state index in [1.807, 2.05) is 0 Å². The molecule has 0 aromatic heterocycles. The van der Waals surface area contributed by atoms with E-state index in [0.29, 0.717) is 29.8 Å². The Hall–Kier alpha value is -0.120. The zero-order valence-corrected chi connectivity index (χ0v) is 6.90. The van der Waals surface area contributed by atoms with E-state index >= 15 is 0 Å². The third-order valence-corrected chi connectivity index (χ3v) is 4.37. The Morgan fingerprint density at radius 3 is 2.50 bits per heavy atom. The molecule has 4 fully saturated rings. The third kappa shape index (κ3) is 0.387. The molecule has 0 aromatic rings. The molecule has 6 atom stereocenters. The van der Waals surface area contributed by atoms with Crippen molar-refractivity contribution in [3.63, 3.8) is 0 Å². The lowest BCUT2D eigenvalue weighted by Gasteiger charge is -2.60. The van der Waals surface area contributed by atoms with Crippen molar-refractivity contribution in [2.45, 2.75) is 49.7 Å². The van der Waals surface area contributed by atoms with Crippen molar-refractivity contribution in [1.29, 1.82) is 0 Å². The summed E-state index contributed by atoms with van der Waals surface area (Å²) in [6, 6.07) is 0.245. The Labute approximate surface area is 71.2 Å². The number of rotatable bonds is 0. The van der Waals surface area contributed by atoms with Crippen LogP contribution in [0, 0.1) is 5.41 Å². The molecule has 2 aliphatic carbocycles. The average Bonchev–Trinajstić information content (AvgIpc) is 2.27. The summed E-state index contributed by atoms with van der Waals surface area (Å²) >= 11 is 0. The van der Waals surface area contributed by atoms with Crippen LogP contribution in [-0.4, -0.2) is 30.5 Å². The molecule has 0 radical (unpaired) electrons. The van der Waals surface area contributed by atoms with Gasteiger partial charge in [0, 0.05) is 6.04 Å². The fraction of sp³-hybridized carbons (Fsp3) is 1.00. The first kappa shape index (κ1) is 6.35. The van der Waals surface area contributed by atoms with Crippen molar-refractivity contribution in [3.05, 3.63) is 0 Å². The molecule has 1 spiro atoms. The molecule has 0 amide bonds. The van der Waals surface area contributed by atoms with E-state index in [1.54, 1.807) is 0 Å². The molecule has 4 rings (SSSR count). The van der Waals surface area contributed by atoms with Gasteiger partial charge in [-0.25, -0.2) is 0 Å². The van der Waals surface area contributed by atoms with Crippen LogP contribution in [0.1, 0.15) is 19.3 Å². The van der Waals surface area contributed by atoms with E-state index in [1.165, 1.54) is 12.8 Å². The van der Waals surface area contributed by atoms with Crippen LogP contribution < -0.4 is 5.73 Å². The fourth-order valence-electron chi connectivity index (χ4n) is 3.91. The second-order valence-corrected chi connectivity index (χ2v) is 4.64. The number of ether oxygens (including phenoxy) is 2. The largest absolute Gasteiger partial charge is 0.373 e. The predicted octanol–water partition coefficient (Wildman–Crippen LogP) is 0.0324. The van der Waals surface area contributed by atoms with Crippen molar-refractivity contribution >= 4 is 0 Å². The predicted molar refractivity (Wildman–Crippen MR) is 41.6 cm³/mol. The molecule has 66 valence electrons. The minimum atomic E-state index is 0.245. The molecule has 0 aromatic carbocycles. The maximum atomic E-state index is 5.98. The van der Waals surface area contributed by atoms with E-state index in [2.05, 4.69) is 0 Å². The van der Waals surface area contributed by atoms with Gasteiger partial charge in [0.25, 0.3) is 0 Å². The normalized spacial score (nSPS) is 71.2. The summed E-state index contributed by atoms with van der Waals surface area (Å²) in [5.41, 5.74) is 6.38. The van der Waals surface area contributed by atoms with Gasteiger partial charge in [0.2, 0.25) is 0 Å². The molecular weight excluding hydrogens is 154 g/mol. The number of hydrogen-bond acceptors (Lipinski definition) is 3. The lowest BCUT2D eigenvalue weighted by Crippen LogP contribution is -2.72. The van der Waals surface area contributed by atoms with Crippen LogP contribution in [0.25, 0.3) is 0 Å². The Bertz CT molecular complexity index is 249. The van der Waals surface area contributed by atoms with Crippen LogP contribution in [0.2, 0.25) is 0 Å². The van der Waals surface area contributed by atoms with Crippen LogP contribution in [0.5, 0.6) is 0 Å². The minimum Gasteiger partial charge on any atom is -0.373 e. The fourth-order valence-corrected chi connectivity index (χ4v) is 3.91. The highest BCUT2D eigenvalue weighted by Gasteiger charge is 2.79. The zero-order valence-electron chi connectivity index (χ0n) is 6.90. The first-order valence-electron chi connectivity index (χ1n) is 4.90. The summed E-state index contributed by atoms with van der Waals surface area (Å²) in [4.78, 5) is 0. The van der Waals surface area contributed by atoms with E-state index in [-0.39, 0.29) is 6.04 Å². The van der Waals surface area contributed by atoms with E-state index in [9.17, 15) is 0 Å². The van der Waals surface area contributed by atoms with Gasteiger partial charge in [0.05, 0.1) is 29.8 Å². The lowest BCUT2D eigenvalue weighted by atomic mass is 9.68. The molecule has 2 aliphatic heterocycles. The van der Waals surface area contributed by atoms with Crippen LogP contribution >= 0.6 is 0 Å². The third-order valence-electron chi connectivity index (χ3n) is 4.37. The monoisotopic (exact) mass is 167 g/mol. The van der Waals surface area contributed by atoms with Gasteiger partial charge in [-0.15, -0.1) is 0 Å². The highest BCUT2D eigenvalue weighted by atomic mass is 16.6. The highest BCUT2D eigenvalue weighted by Crippen LogP contribution is 2.68. The van der Waals surface area contributed by atoms with Crippen LogP contribution in [-0.2, 0) is 9.47 Å². The van der Waals surface area contributed by atoms with E-state index < -0.39 is 0 Å². The van der Waals surface area contributed by atoms with Crippen LogP contribution in [0.3, 0.4) is 0 Å². The molecule has 2 heterocycles.